The number of rotatable bonds is 8. The monoisotopic (exact) mass is 189 g/mol. The lowest BCUT2D eigenvalue weighted by Crippen LogP contribution is -2.17. The SMILES string of the molecule is CCOCCC(CCCN)C(=O)O. The van der Waals surface area contributed by atoms with Gasteiger partial charge in [-0.3, -0.25) is 4.79 Å². The number of aliphatic carboxylic acids is 1. The van der Waals surface area contributed by atoms with Gasteiger partial charge in [0, 0.05) is 13.2 Å². The first-order valence-electron chi connectivity index (χ1n) is 4.73. The Morgan fingerprint density at radius 2 is 2.23 bits per heavy atom. The van der Waals surface area contributed by atoms with E-state index in [4.69, 9.17) is 15.6 Å². The van der Waals surface area contributed by atoms with Crippen LogP contribution in [-0.2, 0) is 9.53 Å². The third-order valence-electron chi connectivity index (χ3n) is 1.92. The van der Waals surface area contributed by atoms with Crippen LogP contribution in [0.1, 0.15) is 26.2 Å². The van der Waals surface area contributed by atoms with Crippen molar-refractivity contribution in [2.45, 2.75) is 26.2 Å². The first-order chi connectivity index (χ1) is 6.22. The molecule has 0 amide bonds. The lowest BCUT2D eigenvalue weighted by Gasteiger charge is -2.10. The highest BCUT2D eigenvalue weighted by molar-refractivity contribution is 5.69. The Labute approximate surface area is 79.1 Å². The highest BCUT2D eigenvalue weighted by atomic mass is 16.5. The van der Waals surface area contributed by atoms with Gasteiger partial charge in [-0.25, -0.2) is 0 Å². The molecule has 1 unspecified atom stereocenters. The summed E-state index contributed by atoms with van der Waals surface area (Å²) in [6, 6.07) is 0. The molecule has 0 aliphatic heterocycles. The molecule has 1 atom stereocenters. The quantitative estimate of drug-likeness (QED) is 0.555. The molecule has 0 saturated carbocycles. The third kappa shape index (κ3) is 6.54. The van der Waals surface area contributed by atoms with Gasteiger partial charge in [0.15, 0.2) is 0 Å². The largest absolute Gasteiger partial charge is 0.481 e. The summed E-state index contributed by atoms with van der Waals surface area (Å²) in [7, 11) is 0. The average molecular weight is 189 g/mol. The Balaban J connectivity index is 3.61. The van der Waals surface area contributed by atoms with Gasteiger partial charge in [0.1, 0.15) is 0 Å². The second-order valence-corrected chi connectivity index (χ2v) is 2.95. The predicted octanol–water partition coefficient (Wildman–Crippen LogP) is 0.853. The van der Waals surface area contributed by atoms with Crippen molar-refractivity contribution in [2.24, 2.45) is 11.7 Å². The molecule has 4 heteroatoms. The van der Waals surface area contributed by atoms with Crippen molar-refractivity contribution in [3.63, 3.8) is 0 Å². The molecule has 0 spiro atoms. The van der Waals surface area contributed by atoms with E-state index in [1.165, 1.54) is 0 Å². The van der Waals surface area contributed by atoms with Crippen LogP contribution < -0.4 is 5.73 Å². The van der Waals surface area contributed by atoms with E-state index in [0.29, 0.717) is 32.6 Å². The number of carbonyl (C=O) groups is 1. The number of hydrogen-bond donors (Lipinski definition) is 2. The molecule has 0 rings (SSSR count). The Hall–Kier alpha value is -0.610. The van der Waals surface area contributed by atoms with Crippen LogP contribution >= 0.6 is 0 Å². The standard InChI is InChI=1S/C9H19NO3/c1-2-13-7-5-8(9(11)12)4-3-6-10/h8H,2-7,10H2,1H3,(H,11,12). The Morgan fingerprint density at radius 1 is 1.54 bits per heavy atom. The van der Waals surface area contributed by atoms with Gasteiger partial charge in [-0.15, -0.1) is 0 Å². The molecule has 0 aliphatic carbocycles. The number of carboxylic acid groups (broad SMARTS) is 1. The summed E-state index contributed by atoms with van der Waals surface area (Å²) in [5, 5.41) is 8.80. The summed E-state index contributed by atoms with van der Waals surface area (Å²) in [6.07, 6.45) is 2.01. The Kier molecular flexibility index (Phi) is 7.63. The minimum absolute atomic E-state index is 0.296. The van der Waals surface area contributed by atoms with Crippen molar-refractivity contribution < 1.29 is 14.6 Å². The van der Waals surface area contributed by atoms with Crippen LogP contribution in [0.15, 0.2) is 0 Å². The van der Waals surface area contributed by atoms with Gasteiger partial charge < -0.3 is 15.6 Å². The summed E-state index contributed by atoms with van der Waals surface area (Å²) in [4.78, 5) is 10.7. The summed E-state index contributed by atoms with van der Waals surface area (Å²) < 4.78 is 5.10. The summed E-state index contributed by atoms with van der Waals surface area (Å²) in [5.74, 6) is -1.04. The van der Waals surface area contributed by atoms with Crippen molar-refractivity contribution >= 4 is 5.97 Å². The Morgan fingerprint density at radius 3 is 2.69 bits per heavy atom. The van der Waals surface area contributed by atoms with Crippen LogP contribution in [-0.4, -0.2) is 30.8 Å². The van der Waals surface area contributed by atoms with Gasteiger partial charge in [-0.1, -0.05) is 0 Å². The highest BCUT2D eigenvalue weighted by Gasteiger charge is 2.15. The maximum Gasteiger partial charge on any atom is 0.306 e. The zero-order valence-corrected chi connectivity index (χ0v) is 8.16. The van der Waals surface area contributed by atoms with Crippen LogP contribution in [0.2, 0.25) is 0 Å². The van der Waals surface area contributed by atoms with E-state index in [-0.39, 0.29) is 5.92 Å². The first-order valence-corrected chi connectivity index (χ1v) is 4.73. The molecule has 4 nitrogen and oxygen atoms in total. The molecule has 0 heterocycles. The van der Waals surface area contributed by atoms with Crippen molar-refractivity contribution in [3.05, 3.63) is 0 Å². The maximum atomic E-state index is 10.7. The fraction of sp³-hybridized carbons (Fsp3) is 0.889. The molecule has 0 aliphatic rings. The van der Waals surface area contributed by atoms with E-state index in [9.17, 15) is 4.79 Å². The van der Waals surface area contributed by atoms with E-state index < -0.39 is 5.97 Å². The van der Waals surface area contributed by atoms with E-state index in [2.05, 4.69) is 0 Å². The summed E-state index contributed by atoms with van der Waals surface area (Å²) in [5.41, 5.74) is 5.31. The van der Waals surface area contributed by atoms with Crippen LogP contribution in [0.5, 0.6) is 0 Å². The Bertz CT molecular complexity index is 139. The van der Waals surface area contributed by atoms with Gasteiger partial charge in [0.25, 0.3) is 0 Å². The molecule has 78 valence electrons. The van der Waals surface area contributed by atoms with Crippen molar-refractivity contribution in [1.82, 2.24) is 0 Å². The normalized spacial score (nSPS) is 12.8. The van der Waals surface area contributed by atoms with Gasteiger partial charge >= 0.3 is 5.97 Å². The molecule has 0 aromatic rings. The molecule has 13 heavy (non-hydrogen) atoms. The van der Waals surface area contributed by atoms with Crippen LogP contribution in [0.4, 0.5) is 0 Å². The number of carboxylic acids is 1. The number of hydrogen-bond acceptors (Lipinski definition) is 3. The second-order valence-electron chi connectivity index (χ2n) is 2.95. The highest BCUT2D eigenvalue weighted by Crippen LogP contribution is 2.11. The lowest BCUT2D eigenvalue weighted by atomic mass is 10.0. The van der Waals surface area contributed by atoms with Crippen molar-refractivity contribution in [3.8, 4) is 0 Å². The molecule has 0 saturated heterocycles. The molecule has 0 aromatic carbocycles. The molecule has 3 N–H and O–H groups in total. The zero-order valence-electron chi connectivity index (χ0n) is 8.16. The van der Waals surface area contributed by atoms with Crippen LogP contribution in [0.25, 0.3) is 0 Å². The van der Waals surface area contributed by atoms with E-state index in [0.717, 1.165) is 6.42 Å². The van der Waals surface area contributed by atoms with Gasteiger partial charge in [-0.05, 0) is 32.7 Å². The van der Waals surface area contributed by atoms with Gasteiger partial charge in [0.05, 0.1) is 5.92 Å². The molecular formula is C9H19NO3. The minimum Gasteiger partial charge on any atom is -0.481 e. The molecule has 0 aromatic heterocycles. The molecule has 0 bridgehead atoms. The zero-order chi connectivity index (χ0) is 10.1. The van der Waals surface area contributed by atoms with Crippen molar-refractivity contribution in [1.29, 1.82) is 0 Å². The fourth-order valence-electron chi connectivity index (χ4n) is 1.13. The number of nitrogens with two attached hydrogens (primary N) is 1. The van der Waals surface area contributed by atoms with Crippen LogP contribution in [0, 0.1) is 5.92 Å². The number of ether oxygens (including phenoxy) is 1. The summed E-state index contributed by atoms with van der Waals surface area (Å²) >= 11 is 0. The topological polar surface area (TPSA) is 72.5 Å². The summed E-state index contributed by atoms with van der Waals surface area (Å²) in [6.45, 7) is 3.62. The average Bonchev–Trinajstić information content (AvgIpc) is 2.10. The molecule has 0 radical (unpaired) electrons. The first kappa shape index (κ1) is 12.4. The van der Waals surface area contributed by atoms with E-state index >= 15 is 0 Å². The van der Waals surface area contributed by atoms with Crippen LogP contribution in [0.3, 0.4) is 0 Å². The van der Waals surface area contributed by atoms with Gasteiger partial charge in [0.2, 0.25) is 0 Å². The van der Waals surface area contributed by atoms with Gasteiger partial charge in [-0.2, -0.15) is 0 Å². The minimum atomic E-state index is -0.742. The lowest BCUT2D eigenvalue weighted by molar-refractivity contribution is -0.142. The van der Waals surface area contributed by atoms with E-state index in [1.807, 2.05) is 6.92 Å². The fourth-order valence-corrected chi connectivity index (χ4v) is 1.13. The maximum absolute atomic E-state index is 10.7. The van der Waals surface area contributed by atoms with E-state index in [1.54, 1.807) is 0 Å². The predicted molar refractivity (Wildman–Crippen MR) is 50.5 cm³/mol. The second kappa shape index (κ2) is 8.01. The molecular weight excluding hydrogens is 170 g/mol. The van der Waals surface area contributed by atoms with Crippen molar-refractivity contribution in [2.75, 3.05) is 19.8 Å². The molecule has 0 fully saturated rings. The third-order valence-corrected chi connectivity index (χ3v) is 1.92. The smallest absolute Gasteiger partial charge is 0.306 e.